The van der Waals surface area contributed by atoms with Crippen LogP contribution in [0.3, 0.4) is 0 Å². The highest BCUT2D eigenvalue weighted by Gasteiger charge is 2.13. The molecule has 0 saturated heterocycles. The number of hydrogen-bond acceptors (Lipinski definition) is 5. The Morgan fingerprint density at radius 3 is 2.58 bits per heavy atom. The second-order valence-electron chi connectivity index (χ2n) is 5.64. The van der Waals surface area contributed by atoms with Crippen LogP contribution >= 0.6 is 12.2 Å². The van der Waals surface area contributed by atoms with Crippen molar-refractivity contribution in [3.05, 3.63) is 48.0 Å². The van der Waals surface area contributed by atoms with Gasteiger partial charge in [0, 0.05) is 17.3 Å². The Balaban J connectivity index is 1.56. The molecule has 2 aromatic carbocycles. The van der Waals surface area contributed by atoms with Crippen LogP contribution in [0.25, 0.3) is 0 Å². The fourth-order valence-electron chi connectivity index (χ4n) is 2.38. The summed E-state index contributed by atoms with van der Waals surface area (Å²) in [5, 5.41) is 5.83. The first-order chi connectivity index (χ1) is 12.7. The van der Waals surface area contributed by atoms with E-state index in [1.165, 1.54) is 0 Å². The van der Waals surface area contributed by atoms with Crippen molar-refractivity contribution >= 4 is 28.9 Å². The van der Waals surface area contributed by atoms with Gasteiger partial charge < -0.3 is 19.5 Å². The van der Waals surface area contributed by atoms with Crippen LogP contribution in [-0.4, -0.2) is 30.8 Å². The van der Waals surface area contributed by atoms with E-state index in [-0.39, 0.29) is 11.0 Å². The molecular formula is C19H20N2O4S. The summed E-state index contributed by atoms with van der Waals surface area (Å²) in [4.78, 5) is 12.3. The third-order valence-corrected chi connectivity index (χ3v) is 3.82. The van der Waals surface area contributed by atoms with Crippen molar-refractivity contribution in [3.63, 3.8) is 0 Å². The molecule has 0 spiro atoms. The van der Waals surface area contributed by atoms with E-state index in [1.807, 2.05) is 13.0 Å². The average molecular weight is 372 g/mol. The first kappa shape index (κ1) is 18.0. The third kappa shape index (κ3) is 4.64. The molecule has 26 heavy (non-hydrogen) atoms. The Morgan fingerprint density at radius 2 is 1.85 bits per heavy atom. The molecule has 1 aliphatic heterocycles. The van der Waals surface area contributed by atoms with E-state index in [9.17, 15) is 4.79 Å². The Morgan fingerprint density at radius 1 is 1.12 bits per heavy atom. The maximum atomic E-state index is 12.3. The van der Waals surface area contributed by atoms with Crippen LogP contribution in [0.15, 0.2) is 42.5 Å². The topological polar surface area (TPSA) is 68.8 Å². The number of rotatable bonds is 5. The summed E-state index contributed by atoms with van der Waals surface area (Å²) in [6.07, 6.45) is 0.933. The minimum atomic E-state index is -0.290. The van der Waals surface area contributed by atoms with Crippen molar-refractivity contribution in [2.24, 2.45) is 0 Å². The average Bonchev–Trinajstić information content (AvgIpc) is 2.66. The minimum Gasteiger partial charge on any atom is -0.494 e. The molecule has 0 unspecified atom stereocenters. The number of thiocarbonyl (C=S) groups is 1. The predicted octanol–water partition coefficient (Wildman–Crippen LogP) is 3.37. The maximum Gasteiger partial charge on any atom is 0.257 e. The summed E-state index contributed by atoms with van der Waals surface area (Å²) in [7, 11) is 0. The van der Waals surface area contributed by atoms with Crippen molar-refractivity contribution in [1.29, 1.82) is 0 Å². The molecule has 0 fully saturated rings. The van der Waals surface area contributed by atoms with E-state index in [1.54, 1.807) is 36.4 Å². The van der Waals surface area contributed by atoms with E-state index in [2.05, 4.69) is 10.6 Å². The number of hydrogen-bond donors (Lipinski definition) is 2. The Labute approximate surface area is 157 Å². The molecule has 0 aliphatic carbocycles. The second kappa shape index (κ2) is 8.53. The van der Waals surface area contributed by atoms with Crippen LogP contribution in [-0.2, 0) is 0 Å². The van der Waals surface area contributed by atoms with Crippen LogP contribution in [0.2, 0.25) is 0 Å². The van der Waals surface area contributed by atoms with E-state index in [4.69, 9.17) is 26.4 Å². The van der Waals surface area contributed by atoms with Gasteiger partial charge in [0.25, 0.3) is 5.91 Å². The standard InChI is InChI=1S/C19H20N2O4S/c1-2-9-23-15-6-3-13(4-7-15)18(22)21-19(26)20-14-5-8-16-17(12-14)25-11-10-24-16/h3-8,12H,2,9-11H2,1H3,(H2,20,21,22,26). The van der Waals surface area contributed by atoms with E-state index >= 15 is 0 Å². The number of anilines is 1. The quantitative estimate of drug-likeness (QED) is 0.785. The van der Waals surface area contributed by atoms with Crippen LogP contribution in [0.5, 0.6) is 17.2 Å². The van der Waals surface area contributed by atoms with E-state index in [0.29, 0.717) is 42.6 Å². The fourth-order valence-corrected chi connectivity index (χ4v) is 2.59. The second-order valence-corrected chi connectivity index (χ2v) is 6.05. The minimum absolute atomic E-state index is 0.206. The Kier molecular flexibility index (Phi) is 5.91. The summed E-state index contributed by atoms with van der Waals surface area (Å²) < 4.78 is 16.5. The monoisotopic (exact) mass is 372 g/mol. The first-order valence-electron chi connectivity index (χ1n) is 8.40. The first-order valence-corrected chi connectivity index (χ1v) is 8.81. The van der Waals surface area contributed by atoms with Gasteiger partial charge in [0.05, 0.1) is 6.61 Å². The van der Waals surface area contributed by atoms with Gasteiger partial charge in [0.2, 0.25) is 0 Å². The lowest BCUT2D eigenvalue weighted by Gasteiger charge is -2.19. The van der Waals surface area contributed by atoms with Crippen molar-refractivity contribution in [2.75, 3.05) is 25.1 Å². The van der Waals surface area contributed by atoms with Crippen LogP contribution in [0, 0.1) is 0 Å². The molecule has 2 N–H and O–H groups in total. The van der Waals surface area contributed by atoms with Gasteiger partial charge in [-0.25, -0.2) is 0 Å². The molecule has 1 aliphatic rings. The smallest absolute Gasteiger partial charge is 0.257 e. The van der Waals surface area contributed by atoms with Crippen LogP contribution in [0.1, 0.15) is 23.7 Å². The molecule has 0 bridgehead atoms. The molecular weight excluding hydrogens is 352 g/mol. The van der Waals surface area contributed by atoms with Gasteiger partial charge in [0.1, 0.15) is 19.0 Å². The normalized spacial score (nSPS) is 12.2. The fraction of sp³-hybridized carbons (Fsp3) is 0.263. The van der Waals surface area contributed by atoms with Crippen molar-refractivity contribution in [3.8, 4) is 17.2 Å². The molecule has 6 nitrogen and oxygen atoms in total. The highest BCUT2D eigenvalue weighted by Crippen LogP contribution is 2.32. The number of nitrogens with one attached hydrogen (secondary N) is 2. The molecule has 2 aromatic rings. The lowest BCUT2D eigenvalue weighted by atomic mass is 10.2. The van der Waals surface area contributed by atoms with Crippen LogP contribution in [0.4, 0.5) is 5.69 Å². The molecule has 0 radical (unpaired) electrons. The van der Waals surface area contributed by atoms with Gasteiger partial charge in [0.15, 0.2) is 16.6 Å². The zero-order valence-electron chi connectivity index (χ0n) is 14.4. The van der Waals surface area contributed by atoms with Gasteiger partial charge in [-0.1, -0.05) is 6.92 Å². The van der Waals surface area contributed by atoms with Gasteiger partial charge >= 0.3 is 0 Å². The Bertz CT molecular complexity index is 793. The summed E-state index contributed by atoms with van der Waals surface area (Å²) in [6, 6.07) is 12.3. The number of carbonyl (C=O) groups is 1. The largest absolute Gasteiger partial charge is 0.494 e. The predicted molar refractivity (Wildman–Crippen MR) is 103 cm³/mol. The SMILES string of the molecule is CCCOc1ccc(C(=O)NC(=S)Nc2ccc3c(c2)OCCO3)cc1. The van der Waals surface area contributed by atoms with Crippen LogP contribution < -0.4 is 24.8 Å². The molecule has 0 saturated carbocycles. The molecule has 136 valence electrons. The molecule has 1 amide bonds. The summed E-state index contributed by atoms with van der Waals surface area (Å²) >= 11 is 5.21. The molecule has 1 heterocycles. The number of carbonyl (C=O) groups excluding carboxylic acids is 1. The van der Waals surface area contributed by atoms with E-state index < -0.39 is 0 Å². The van der Waals surface area contributed by atoms with Crippen molar-refractivity contribution in [2.45, 2.75) is 13.3 Å². The Hall–Kier alpha value is -2.80. The van der Waals surface area contributed by atoms with Crippen molar-refractivity contribution in [1.82, 2.24) is 5.32 Å². The summed E-state index contributed by atoms with van der Waals surface area (Å²) in [5.74, 6) is 1.79. The lowest BCUT2D eigenvalue weighted by Crippen LogP contribution is -2.34. The lowest BCUT2D eigenvalue weighted by molar-refractivity contribution is 0.0977. The van der Waals surface area contributed by atoms with E-state index in [0.717, 1.165) is 12.2 Å². The number of amides is 1. The zero-order chi connectivity index (χ0) is 18.4. The molecule has 7 heteroatoms. The summed E-state index contributed by atoms with van der Waals surface area (Å²) in [5.41, 5.74) is 1.21. The third-order valence-electron chi connectivity index (χ3n) is 3.62. The summed E-state index contributed by atoms with van der Waals surface area (Å²) in [6.45, 7) is 3.73. The number of ether oxygens (including phenoxy) is 3. The number of fused-ring (bicyclic) bond motifs is 1. The van der Waals surface area contributed by atoms with Gasteiger partial charge in [-0.15, -0.1) is 0 Å². The maximum absolute atomic E-state index is 12.3. The zero-order valence-corrected chi connectivity index (χ0v) is 15.2. The molecule has 3 rings (SSSR count). The molecule has 0 atom stereocenters. The van der Waals surface area contributed by atoms with Gasteiger partial charge in [-0.05, 0) is 55.0 Å². The molecule has 0 aromatic heterocycles. The van der Waals surface area contributed by atoms with Gasteiger partial charge in [-0.2, -0.15) is 0 Å². The number of benzene rings is 2. The highest BCUT2D eigenvalue weighted by molar-refractivity contribution is 7.80. The highest BCUT2D eigenvalue weighted by atomic mass is 32.1. The van der Waals surface area contributed by atoms with Gasteiger partial charge in [-0.3, -0.25) is 10.1 Å². The van der Waals surface area contributed by atoms with Crippen molar-refractivity contribution < 1.29 is 19.0 Å².